The van der Waals surface area contributed by atoms with E-state index < -0.39 is 12.0 Å². The first kappa shape index (κ1) is 42.2. The molecule has 0 radical (unpaired) electrons. The zero-order chi connectivity index (χ0) is 44.9. The first-order valence-corrected chi connectivity index (χ1v) is 22.4. The Labute approximate surface area is 372 Å². The van der Waals surface area contributed by atoms with Crippen LogP contribution in [-0.2, 0) is 6.42 Å². The van der Waals surface area contributed by atoms with Crippen molar-refractivity contribution in [1.82, 2.24) is 0 Å². The van der Waals surface area contributed by atoms with E-state index >= 15 is 0 Å². The third kappa shape index (κ3) is 6.95. The highest BCUT2D eigenvalue weighted by molar-refractivity contribution is 5.66. The second kappa shape index (κ2) is 15.6. The van der Waals surface area contributed by atoms with Gasteiger partial charge in [-0.15, -0.1) is 0 Å². The van der Waals surface area contributed by atoms with Crippen molar-refractivity contribution in [1.29, 1.82) is 0 Å². The predicted octanol–water partition coefficient (Wildman–Crippen LogP) is 13.1. The third-order valence-corrected chi connectivity index (χ3v) is 14.8. The van der Waals surface area contributed by atoms with Gasteiger partial charge in [0.1, 0.15) is 47.1 Å². The molecule has 7 heteroatoms. The van der Waals surface area contributed by atoms with Crippen molar-refractivity contribution in [3.63, 3.8) is 0 Å². The normalized spacial score (nSPS) is 23.7. The SMILES string of the molecule is Cc1ccc(C2Oc3c(c(C)cc(C)c3C3c4c(C)cc(C)c(C5c6c(O)cc(O)cc6OC(c6ccc(O)c(O)c6)C5C)c4OC(c4ccc(C)c(C)c4)C3C)CC2C)cc1C. The van der Waals surface area contributed by atoms with Crippen molar-refractivity contribution in [2.75, 3.05) is 0 Å². The predicted molar refractivity (Wildman–Crippen MR) is 248 cm³/mol. The number of aryl methyl sites for hydroxylation is 8. The summed E-state index contributed by atoms with van der Waals surface area (Å²) < 4.78 is 21.7. The van der Waals surface area contributed by atoms with E-state index in [1.54, 1.807) is 12.1 Å². The fourth-order valence-electron chi connectivity index (χ4n) is 11.3. The number of ether oxygens (including phenoxy) is 3. The fraction of sp³-hybridized carbons (Fsp3) is 0.357. The van der Waals surface area contributed by atoms with Crippen LogP contribution in [0, 0.1) is 73.1 Å². The van der Waals surface area contributed by atoms with Crippen molar-refractivity contribution in [3.8, 4) is 40.2 Å². The lowest BCUT2D eigenvalue weighted by atomic mass is 9.67. The molecule has 0 saturated carbocycles. The summed E-state index contributed by atoms with van der Waals surface area (Å²) in [6.45, 7) is 24.1. The van der Waals surface area contributed by atoms with E-state index in [1.165, 1.54) is 68.3 Å². The molecule has 0 saturated heterocycles. The van der Waals surface area contributed by atoms with Gasteiger partial charge in [-0.2, -0.15) is 0 Å². The first-order valence-electron chi connectivity index (χ1n) is 22.4. The van der Waals surface area contributed by atoms with E-state index in [1.807, 2.05) is 0 Å². The summed E-state index contributed by atoms with van der Waals surface area (Å²) in [4.78, 5) is 0. The molecular formula is C56H60O7. The maximum absolute atomic E-state index is 11.8. The molecule has 8 atom stereocenters. The molecule has 8 unspecified atom stereocenters. The highest BCUT2D eigenvalue weighted by Crippen LogP contribution is 2.61. The number of phenols is 4. The monoisotopic (exact) mass is 844 g/mol. The molecule has 3 aliphatic rings. The highest BCUT2D eigenvalue weighted by Gasteiger charge is 2.47. The molecule has 326 valence electrons. The second-order valence-electron chi connectivity index (χ2n) is 19.2. The van der Waals surface area contributed by atoms with Gasteiger partial charge in [-0.3, -0.25) is 0 Å². The van der Waals surface area contributed by atoms with Gasteiger partial charge in [0.25, 0.3) is 0 Å². The van der Waals surface area contributed by atoms with E-state index in [-0.39, 0.29) is 58.9 Å². The van der Waals surface area contributed by atoms with E-state index in [2.05, 4.69) is 125 Å². The molecule has 7 nitrogen and oxygen atoms in total. The van der Waals surface area contributed by atoms with Gasteiger partial charge < -0.3 is 34.6 Å². The minimum absolute atomic E-state index is 0.0279. The number of fused-ring (bicyclic) bond motifs is 3. The smallest absolute Gasteiger partial charge is 0.157 e. The molecule has 0 aliphatic carbocycles. The van der Waals surface area contributed by atoms with Crippen molar-refractivity contribution < 1.29 is 34.6 Å². The van der Waals surface area contributed by atoms with Crippen molar-refractivity contribution >= 4 is 0 Å². The number of benzene rings is 6. The summed E-state index contributed by atoms with van der Waals surface area (Å²) in [5.74, 6) is 0.731. The molecule has 3 aliphatic heterocycles. The van der Waals surface area contributed by atoms with E-state index in [9.17, 15) is 20.4 Å². The topological polar surface area (TPSA) is 109 Å². The number of rotatable bonds is 5. The Morgan fingerprint density at radius 1 is 0.413 bits per heavy atom. The summed E-state index contributed by atoms with van der Waals surface area (Å²) in [6, 6.07) is 25.6. The standard InChI is InChI=1S/C56H60O7/c1-26-12-14-37(20-28(26)3)52-34(9)22-41-30(5)18-31(6)46(55(41)62-52)49-35(10)54(38-15-13-27(2)29(4)21-38)63-56-47(49)32(7)19-33(8)48(56)50-36(11)53(39-16-17-42(58)43(59)23-39)61-45-25-40(57)24-44(60)51(45)50/h12-21,23-25,34-36,49-50,52-54,57-60H,22H2,1-11H3. The number of phenolic OH excluding ortho intramolecular Hbond substituents is 4. The molecule has 9 rings (SSSR count). The zero-order valence-corrected chi connectivity index (χ0v) is 38.3. The largest absolute Gasteiger partial charge is 0.508 e. The van der Waals surface area contributed by atoms with Crippen LogP contribution in [-0.4, -0.2) is 20.4 Å². The van der Waals surface area contributed by atoms with Crippen LogP contribution in [0.5, 0.6) is 40.2 Å². The van der Waals surface area contributed by atoms with Gasteiger partial charge in [0.2, 0.25) is 0 Å². The van der Waals surface area contributed by atoms with Gasteiger partial charge in [0, 0.05) is 64.0 Å². The Morgan fingerprint density at radius 2 is 0.905 bits per heavy atom. The van der Waals surface area contributed by atoms with Crippen LogP contribution < -0.4 is 14.2 Å². The molecule has 63 heavy (non-hydrogen) atoms. The molecule has 3 heterocycles. The van der Waals surface area contributed by atoms with Crippen LogP contribution in [0.4, 0.5) is 0 Å². The molecular weight excluding hydrogens is 785 g/mol. The van der Waals surface area contributed by atoms with Gasteiger partial charge in [-0.05, 0) is 141 Å². The Hall–Kier alpha value is -6.08. The maximum atomic E-state index is 11.8. The average molecular weight is 845 g/mol. The van der Waals surface area contributed by atoms with E-state index in [4.69, 9.17) is 14.2 Å². The lowest BCUT2D eigenvalue weighted by Gasteiger charge is -2.45. The van der Waals surface area contributed by atoms with Gasteiger partial charge in [-0.1, -0.05) is 75.4 Å². The summed E-state index contributed by atoms with van der Waals surface area (Å²) in [5.41, 5.74) is 17.4. The Morgan fingerprint density at radius 3 is 1.49 bits per heavy atom. The molecule has 0 amide bonds. The third-order valence-electron chi connectivity index (χ3n) is 14.8. The fourth-order valence-corrected chi connectivity index (χ4v) is 11.3. The number of hydrogen-bond acceptors (Lipinski definition) is 7. The van der Waals surface area contributed by atoms with Crippen molar-refractivity contribution in [2.24, 2.45) is 17.8 Å². The van der Waals surface area contributed by atoms with E-state index in [0.29, 0.717) is 16.9 Å². The molecule has 6 aromatic rings. The molecule has 6 aromatic carbocycles. The minimum Gasteiger partial charge on any atom is -0.508 e. The Bertz CT molecular complexity index is 2820. The summed E-state index contributed by atoms with van der Waals surface area (Å²) in [6.07, 6.45) is -0.188. The van der Waals surface area contributed by atoms with Crippen molar-refractivity contribution in [3.05, 3.63) is 168 Å². The van der Waals surface area contributed by atoms with Crippen LogP contribution in [0.1, 0.15) is 140 Å². The Kier molecular flexibility index (Phi) is 10.5. The second-order valence-corrected chi connectivity index (χ2v) is 19.2. The molecule has 4 N–H and O–H groups in total. The molecule has 0 spiro atoms. The van der Waals surface area contributed by atoms with Crippen LogP contribution >= 0.6 is 0 Å². The van der Waals surface area contributed by atoms with Crippen LogP contribution in [0.2, 0.25) is 0 Å². The summed E-state index contributed by atoms with van der Waals surface area (Å²) in [7, 11) is 0. The quantitative estimate of drug-likeness (QED) is 0.128. The lowest BCUT2D eigenvalue weighted by Crippen LogP contribution is -2.34. The van der Waals surface area contributed by atoms with Gasteiger partial charge in [0.15, 0.2) is 11.5 Å². The molecule has 0 aromatic heterocycles. The van der Waals surface area contributed by atoms with E-state index in [0.717, 1.165) is 45.7 Å². The minimum atomic E-state index is -0.621. The summed E-state index contributed by atoms with van der Waals surface area (Å²) in [5, 5.41) is 43.6. The molecule has 0 fully saturated rings. The van der Waals surface area contributed by atoms with Crippen LogP contribution in [0.15, 0.2) is 78.9 Å². The van der Waals surface area contributed by atoms with Gasteiger partial charge in [-0.25, -0.2) is 0 Å². The summed E-state index contributed by atoms with van der Waals surface area (Å²) >= 11 is 0. The van der Waals surface area contributed by atoms with Crippen LogP contribution in [0.3, 0.4) is 0 Å². The van der Waals surface area contributed by atoms with Gasteiger partial charge in [0.05, 0.1) is 0 Å². The number of aromatic hydroxyl groups is 4. The zero-order valence-electron chi connectivity index (χ0n) is 38.3. The first-order chi connectivity index (χ1) is 29.9. The number of hydrogen-bond donors (Lipinski definition) is 4. The molecule has 0 bridgehead atoms. The highest BCUT2D eigenvalue weighted by atomic mass is 16.5. The van der Waals surface area contributed by atoms with Gasteiger partial charge >= 0.3 is 0 Å². The average Bonchev–Trinajstić information content (AvgIpc) is 3.22. The maximum Gasteiger partial charge on any atom is 0.157 e. The van der Waals surface area contributed by atoms with Crippen LogP contribution in [0.25, 0.3) is 0 Å². The lowest BCUT2D eigenvalue weighted by molar-refractivity contribution is 0.0922. The van der Waals surface area contributed by atoms with Crippen molar-refractivity contribution in [2.45, 2.75) is 113 Å². The Balaban J connectivity index is 1.31.